The number of alkyl halides is 3. The Morgan fingerprint density at radius 3 is 2.36 bits per heavy atom. The summed E-state index contributed by atoms with van der Waals surface area (Å²) >= 11 is 1.58. The average molecular weight is 328 g/mol. The molecule has 0 aliphatic heterocycles. The van der Waals surface area contributed by atoms with Crippen molar-refractivity contribution < 1.29 is 18.0 Å². The van der Waals surface area contributed by atoms with Crippen LogP contribution in [-0.2, 0) is 12.6 Å². The van der Waals surface area contributed by atoms with Gasteiger partial charge in [-0.15, -0.1) is 11.3 Å². The fourth-order valence-electron chi connectivity index (χ4n) is 1.84. The third-order valence-corrected chi connectivity index (χ3v) is 4.30. The van der Waals surface area contributed by atoms with Gasteiger partial charge < -0.3 is 5.32 Å². The average Bonchev–Trinajstić information content (AvgIpc) is 2.77. The van der Waals surface area contributed by atoms with Crippen molar-refractivity contribution in [3.63, 3.8) is 0 Å². The minimum Gasteiger partial charge on any atom is -0.352 e. The second-order valence-corrected chi connectivity index (χ2v) is 6.12. The van der Waals surface area contributed by atoms with Crippen molar-refractivity contribution in [2.75, 3.05) is 6.54 Å². The van der Waals surface area contributed by atoms with Crippen molar-refractivity contribution in [3.05, 3.63) is 51.0 Å². The fourth-order valence-corrected chi connectivity index (χ4v) is 2.78. The van der Waals surface area contributed by atoms with Gasteiger partial charge in [-0.25, -0.2) is 4.98 Å². The van der Waals surface area contributed by atoms with Gasteiger partial charge in [-0.1, -0.05) is 0 Å². The normalized spacial score (nSPS) is 11.5. The van der Waals surface area contributed by atoms with E-state index in [1.165, 1.54) is 12.1 Å². The first kappa shape index (κ1) is 16.5. The number of nitrogens with one attached hydrogen (secondary N) is 1. The standard InChI is InChI=1S/C15H15F3N2OS/c1-9-10(2)22-13(20-9)7-8-19-14(21)11-3-5-12(6-4-11)15(16,17)18/h3-6H,7-8H2,1-2H3,(H,19,21). The Kier molecular flexibility index (Phi) is 4.85. The van der Waals surface area contributed by atoms with Crippen LogP contribution in [0.5, 0.6) is 0 Å². The van der Waals surface area contributed by atoms with Crippen LogP contribution in [0.4, 0.5) is 13.2 Å². The summed E-state index contributed by atoms with van der Waals surface area (Å²) in [5.41, 5.74) is 0.423. The molecule has 1 N–H and O–H groups in total. The van der Waals surface area contributed by atoms with E-state index >= 15 is 0 Å². The molecule has 0 radical (unpaired) electrons. The number of halogens is 3. The summed E-state index contributed by atoms with van der Waals surface area (Å²) in [6.07, 6.45) is -3.79. The number of hydrogen-bond acceptors (Lipinski definition) is 3. The minimum atomic E-state index is -4.39. The van der Waals surface area contributed by atoms with Crippen LogP contribution in [-0.4, -0.2) is 17.4 Å². The molecule has 0 fully saturated rings. The van der Waals surface area contributed by atoms with Crippen LogP contribution >= 0.6 is 11.3 Å². The summed E-state index contributed by atoms with van der Waals surface area (Å²) in [5.74, 6) is -0.390. The first-order valence-corrected chi connectivity index (χ1v) is 7.47. The second-order valence-electron chi connectivity index (χ2n) is 4.83. The SMILES string of the molecule is Cc1nc(CCNC(=O)c2ccc(C(F)(F)F)cc2)sc1C. The summed E-state index contributed by atoms with van der Waals surface area (Å²) in [6.45, 7) is 4.31. The Bertz CT molecular complexity index is 643. The molecule has 0 aliphatic rings. The Morgan fingerprint density at radius 2 is 1.86 bits per heavy atom. The largest absolute Gasteiger partial charge is 0.416 e. The number of nitrogens with zero attached hydrogens (tertiary/aromatic N) is 1. The summed E-state index contributed by atoms with van der Waals surface area (Å²) in [7, 11) is 0. The van der Waals surface area contributed by atoms with Crippen LogP contribution < -0.4 is 5.32 Å². The Labute approximate surface area is 130 Å². The number of thiazole rings is 1. The maximum atomic E-state index is 12.4. The van der Waals surface area contributed by atoms with Crippen molar-refractivity contribution in [2.24, 2.45) is 0 Å². The quantitative estimate of drug-likeness (QED) is 0.929. The molecule has 0 spiro atoms. The van der Waals surface area contributed by atoms with E-state index in [0.717, 1.165) is 27.7 Å². The Balaban J connectivity index is 1.89. The molecular formula is C15H15F3N2OS. The molecule has 2 rings (SSSR count). The number of amides is 1. The predicted molar refractivity (Wildman–Crippen MR) is 79.1 cm³/mol. The molecule has 7 heteroatoms. The fraction of sp³-hybridized carbons (Fsp3) is 0.333. The van der Waals surface area contributed by atoms with Gasteiger partial charge in [-0.2, -0.15) is 13.2 Å². The highest BCUT2D eigenvalue weighted by atomic mass is 32.1. The highest BCUT2D eigenvalue weighted by Crippen LogP contribution is 2.29. The van der Waals surface area contributed by atoms with E-state index in [-0.39, 0.29) is 5.56 Å². The zero-order valence-electron chi connectivity index (χ0n) is 12.1. The van der Waals surface area contributed by atoms with Gasteiger partial charge in [0.05, 0.1) is 16.3 Å². The minimum absolute atomic E-state index is 0.208. The first-order valence-electron chi connectivity index (χ1n) is 6.66. The van der Waals surface area contributed by atoms with E-state index in [1.807, 2.05) is 13.8 Å². The van der Waals surface area contributed by atoms with Crippen LogP contribution in [0.2, 0.25) is 0 Å². The van der Waals surface area contributed by atoms with E-state index in [0.29, 0.717) is 13.0 Å². The van der Waals surface area contributed by atoms with Gasteiger partial charge in [0.1, 0.15) is 0 Å². The van der Waals surface area contributed by atoms with Gasteiger partial charge >= 0.3 is 6.18 Å². The number of aromatic nitrogens is 1. The third kappa shape index (κ3) is 4.07. The number of carbonyl (C=O) groups is 1. The van der Waals surface area contributed by atoms with Crippen LogP contribution in [0, 0.1) is 13.8 Å². The molecule has 0 aliphatic carbocycles. The lowest BCUT2D eigenvalue weighted by Crippen LogP contribution is -2.25. The summed E-state index contributed by atoms with van der Waals surface area (Å²) < 4.78 is 37.3. The molecule has 118 valence electrons. The predicted octanol–water partition coefficient (Wildman–Crippen LogP) is 3.75. The Morgan fingerprint density at radius 1 is 1.23 bits per heavy atom. The molecule has 0 bridgehead atoms. The molecule has 1 aromatic heterocycles. The van der Waals surface area contributed by atoms with Crippen LogP contribution in [0.15, 0.2) is 24.3 Å². The van der Waals surface area contributed by atoms with Crippen molar-refractivity contribution in [2.45, 2.75) is 26.4 Å². The van der Waals surface area contributed by atoms with E-state index in [9.17, 15) is 18.0 Å². The lowest BCUT2D eigenvalue weighted by Gasteiger charge is -2.08. The number of rotatable bonds is 4. The zero-order valence-corrected chi connectivity index (χ0v) is 12.9. The highest BCUT2D eigenvalue weighted by Gasteiger charge is 2.30. The van der Waals surface area contributed by atoms with Gasteiger partial charge in [0, 0.05) is 23.4 Å². The van der Waals surface area contributed by atoms with Gasteiger partial charge in [0.25, 0.3) is 5.91 Å². The van der Waals surface area contributed by atoms with Crippen LogP contribution in [0.1, 0.15) is 31.5 Å². The lowest BCUT2D eigenvalue weighted by atomic mass is 10.1. The summed E-state index contributed by atoms with van der Waals surface area (Å²) in [4.78, 5) is 17.4. The Hall–Kier alpha value is -1.89. The van der Waals surface area contributed by atoms with Crippen molar-refractivity contribution in [1.82, 2.24) is 10.3 Å². The number of aryl methyl sites for hydroxylation is 2. The van der Waals surface area contributed by atoms with Crippen molar-refractivity contribution in [1.29, 1.82) is 0 Å². The summed E-state index contributed by atoms with van der Waals surface area (Å²) in [5, 5.41) is 3.61. The maximum absolute atomic E-state index is 12.4. The molecule has 22 heavy (non-hydrogen) atoms. The molecule has 2 aromatic rings. The van der Waals surface area contributed by atoms with Gasteiger partial charge in [0.15, 0.2) is 0 Å². The van der Waals surface area contributed by atoms with E-state index in [2.05, 4.69) is 10.3 Å². The number of carbonyl (C=O) groups excluding carboxylic acids is 1. The topological polar surface area (TPSA) is 42.0 Å². The van der Waals surface area contributed by atoms with E-state index in [1.54, 1.807) is 11.3 Å². The van der Waals surface area contributed by atoms with E-state index < -0.39 is 17.6 Å². The second kappa shape index (κ2) is 6.48. The molecule has 0 saturated carbocycles. The van der Waals surface area contributed by atoms with Crippen molar-refractivity contribution >= 4 is 17.2 Å². The summed E-state index contributed by atoms with van der Waals surface area (Å²) in [6, 6.07) is 4.16. The first-order chi connectivity index (χ1) is 10.3. The molecule has 1 amide bonds. The van der Waals surface area contributed by atoms with Crippen LogP contribution in [0.3, 0.4) is 0 Å². The van der Waals surface area contributed by atoms with Crippen LogP contribution in [0.25, 0.3) is 0 Å². The monoisotopic (exact) mass is 328 g/mol. The van der Waals surface area contributed by atoms with Gasteiger partial charge in [0.2, 0.25) is 0 Å². The highest BCUT2D eigenvalue weighted by molar-refractivity contribution is 7.11. The molecule has 0 atom stereocenters. The van der Waals surface area contributed by atoms with Gasteiger partial charge in [-0.05, 0) is 38.1 Å². The number of hydrogen-bond donors (Lipinski definition) is 1. The molecule has 1 heterocycles. The molecule has 1 aromatic carbocycles. The molecule has 3 nitrogen and oxygen atoms in total. The van der Waals surface area contributed by atoms with Gasteiger partial charge in [-0.3, -0.25) is 4.79 Å². The van der Waals surface area contributed by atoms with E-state index in [4.69, 9.17) is 0 Å². The smallest absolute Gasteiger partial charge is 0.352 e. The molecule has 0 saturated heterocycles. The maximum Gasteiger partial charge on any atom is 0.416 e. The molecular weight excluding hydrogens is 313 g/mol. The van der Waals surface area contributed by atoms with Crippen molar-refractivity contribution in [3.8, 4) is 0 Å². The lowest BCUT2D eigenvalue weighted by molar-refractivity contribution is -0.137. The zero-order chi connectivity index (χ0) is 16.3. The third-order valence-electron chi connectivity index (χ3n) is 3.17. The number of benzene rings is 1. The molecule has 0 unspecified atom stereocenters.